The molecule has 0 saturated carbocycles. The van der Waals surface area contributed by atoms with Gasteiger partial charge in [-0.2, -0.15) is 0 Å². The van der Waals surface area contributed by atoms with Crippen LogP contribution in [0.15, 0.2) is 60.8 Å². The lowest BCUT2D eigenvalue weighted by atomic mass is 10.1. The molecule has 0 amide bonds. The molecule has 3 rings (SSSR count). The van der Waals surface area contributed by atoms with Crippen molar-refractivity contribution in [2.24, 2.45) is 0 Å². The fraction of sp³-hybridized carbons (Fsp3) is 0.179. The zero-order valence-electron chi connectivity index (χ0n) is 20.8. The summed E-state index contributed by atoms with van der Waals surface area (Å²) in [6.45, 7) is 0. The van der Waals surface area contributed by atoms with Gasteiger partial charge in [-0.05, 0) is 53.6 Å². The van der Waals surface area contributed by atoms with Crippen molar-refractivity contribution < 1.29 is 28.5 Å². The van der Waals surface area contributed by atoms with E-state index in [1.807, 2.05) is 24.3 Å². The summed E-state index contributed by atoms with van der Waals surface area (Å²) < 4.78 is 26.7. The van der Waals surface area contributed by atoms with E-state index < -0.39 is 0 Å². The Bertz CT molecular complexity index is 1240. The number of hydrogen-bond donors (Lipinski definition) is 1. The molecule has 0 aliphatic rings. The standard InChI is InChI=1S/C28H28ClNO6/c1-32-21-10-8-19(9-11-21)24(31)12-13-30-23-17-25(33-2)22(29)16-20(23)7-6-18-14-26(34-3)28(36-5)27(15-18)35-4/h6-17,30H,1-5H3/b7-6-,13-12-. The van der Waals surface area contributed by atoms with Crippen LogP contribution in [0.1, 0.15) is 21.5 Å². The summed E-state index contributed by atoms with van der Waals surface area (Å²) in [6, 6.07) is 14.1. The molecule has 0 radical (unpaired) electrons. The first kappa shape index (κ1) is 26.5. The second-order valence-corrected chi connectivity index (χ2v) is 7.84. The number of allylic oxidation sites excluding steroid dienone is 1. The maximum absolute atomic E-state index is 12.5. The van der Waals surface area contributed by atoms with Crippen LogP contribution in [-0.2, 0) is 0 Å². The average Bonchev–Trinajstić information content (AvgIpc) is 2.91. The van der Waals surface area contributed by atoms with Gasteiger partial charge < -0.3 is 29.0 Å². The second-order valence-electron chi connectivity index (χ2n) is 7.44. The topological polar surface area (TPSA) is 75.3 Å². The first-order valence-electron chi connectivity index (χ1n) is 10.9. The number of benzene rings is 3. The van der Waals surface area contributed by atoms with Crippen molar-refractivity contribution in [3.05, 3.63) is 82.5 Å². The van der Waals surface area contributed by atoms with Gasteiger partial charge in [-0.25, -0.2) is 0 Å². The first-order valence-corrected chi connectivity index (χ1v) is 11.3. The molecule has 8 heteroatoms. The Morgan fingerprint density at radius 3 is 1.97 bits per heavy atom. The van der Waals surface area contributed by atoms with Gasteiger partial charge in [0.2, 0.25) is 5.75 Å². The first-order chi connectivity index (χ1) is 17.4. The third kappa shape index (κ3) is 6.31. The van der Waals surface area contributed by atoms with Gasteiger partial charge in [0.1, 0.15) is 11.5 Å². The van der Waals surface area contributed by atoms with E-state index in [0.717, 1.165) is 11.1 Å². The van der Waals surface area contributed by atoms with Crippen LogP contribution in [-0.4, -0.2) is 41.3 Å². The summed E-state index contributed by atoms with van der Waals surface area (Å²) in [5.41, 5.74) is 2.84. The fourth-order valence-corrected chi connectivity index (χ4v) is 3.68. The minimum atomic E-state index is -0.152. The van der Waals surface area contributed by atoms with E-state index in [0.29, 0.717) is 45.0 Å². The number of carbonyl (C=O) groups is 1. The van der Waals surface area contributed by atoms with Crippen LogP contribution < -0.4 is 29.0 Å². The van der Waals surface area contributed by atoms with E-state index in [1.165, 1.54) is 6.08 Å². The smallest absolute Gasteiger partial charge is 0.203 e. The highest BCUT2D eigenvalue weighted by molar-refractivity contribution is 6.32. The zero-order chi connectivity index (χ0) is 26.1. The summed E-state index contributed by atoms with van der Waals surface area (Å²) in [6.07, 6.45) is 6.80. The maximum atomic E-state index is 12.5. The molecule has 0 spiro atoms. The number of rotatable bonds is 11. The van der Waals surface area contributed by atoms with E-state index in [9.17, 15) is 4.79 Å². The molecular formula is C28H28ClNO6. The van der Waals surface area contributed by atoms with Crippen molar-refractivity contribution in [3.8, 4) is 28.7 Å². The Labute approximate surface area is 215 Å². The number of nitrogens with one attached hydrogen (secondary N) is 1. The van der Waals surface area contributed by atoms with Crippen LogP contribution in [0.2, 0.25) is 5.02 Å². The Morgan fingerprint density at radius 2 is 1.42 bits per heavy atom. The van der Waals surface area contributed by atoms with Crippen molar-refractivity contribution in [1.29, 1.82) is 0 Å². The Kier molecular flexibility index (Phi) is 9.25. The van der Waals surface area contributed by atoms with Crippen molar-refractivity contribution in [2.45, 2.75) is 0 Å². The predicted molar refractivity (Wildman–Crippen MR) is 143 cm³/mol. The van der Waals surface area contributed by atoms with Crippen LogP contribution >= 0.6 is 11.6 Å². The summed E-state index contributed by atoms with van der Waals surface area (Å²) in [5.74, 6) is 2.63. The van der Waals surface area contributed by atoms with Gasteiger partial charge >= 0.3 is 0 Å². The van der Waals surface area contributed by atoms with Crippen LogP contribution in [0.3, 0.4) is 0 Å². The number of halogens is 1. The predicted octanol–water partition coefficient (Wildman–Crippen LogP) is 6.36. The van der Waals surface area contributed by atoms with Crippen LogP contribution in [0.4, 0.5) is 5.69 Å². The Balaban J connectivity index is 1.88. The summed E-state index contributed by atoms with van der Waals surface area (Å²) in [5, 5.41) is 3.60. The zero-order valence-corrected chi connectivity index (χ0v) is 21.5. The van der Waals surface area contributed by atoms with Crippen molar-refractivity contribution in [2.75, 3.05) is 40.9 Å². The molecule has 0 bridgehead atoms. The summed E-state index contributed by atoms with van der Waals surface area (Å²) in [7, 11) is 7.81. The van der Waals surface area contributed by atoms with E-state index >= 15 is 0 Å². The number of carbonyl (C=O) groups excluding carboxylic acids is 1. The third-order valence-corrected chi connectivity index (χ3v) is 5.61. The normalized spacial score (nSPS) is 10.9. The molecule has 36 heavy (non-hydrogen) atoms. The summed E-state index contributed by atoms with van der Waals surface area (Å²) in [4.78, 5) is 12.5. The van der Waals surface area contributed by atoms with Crippen LogP contribution in [0.25, 0.3) is 12.2 Å². The van der Waals surface area contributed by atoms with Gasteiger partial charge in [-0.1, -0.05) is 23.8 Å². The highest BCUT2D eigenvalue weighted by atomic mass is 35.5. The minimum absolute atomic E-state index is 0.152. The number of ketones is 1. The minimum Gasteiger partial charge on any atom is -0.497 e. The van der Waals surface area contributed by atoms with Crippen LogP contribution in [0, 0.1) is 0 Å². The molecule has 188 valence electrons. The van der Waals surface area contributed by atoms with E-state index in [2.05, 4.69) is 5.32 Å². The second kappa shape index (κ2) is 12.6. The van der Waals surface area contributed by atoms with E-state index in [4.69, 9.17) is 35.3 Å². The maximum Gasteiger partial charge on any atom is 0.203 e. The highest BCUT2D eigenvalue weighted by Crippen LogP contribution is 2.39. The van der Waals surface area contributed by atoms with Gasteiger partial charge in [0.25, 0.3) is 0 Å². The largest absolute Gasteiger partial charge is 0.497 e. The number of anilines is 1. The summed E-state index contributed by atoms with van der Waals surface area (Å²) >= 11 is 6.38. The molecule has 0 fully saturated rings. The molecule has 0 atom stereocenters. The molecule has 7 nitrogen and oxygen atoms in total. The fourth-order valence-electron chi connectivity index (χ4n) is 3.43. The number of ether oxygens (including phenoxy) is 5. The number of methoxy groups -OCH3 is 5. The molecule has 1 N–H and O–H groups in total. The Hall–Kier alpha value is -4.10. The highest BCUT2D eigenvalue weighted by Gasteiger charge is 2.13. The molecule has 0 aliphatic carbocycles. The molecule has 0 saturated heterocycles. The lowest BCUT2D eigenvalue weighted by molar-refractivity contribution is 0.104. The molecule has 0 heterocycles. The lowest BCUT2D eigenvalue weighted by Crippen LogP contribution is -1.98. The monoisotopic (exact) mass is 509 g/mol. The van der Waals surface area contributed by atoms with Crippen molar-refractivity contribution >= 4 is 35.2 Å². The third-order valence-electron chi connectivity index (χ3n) is 5.31. The van der Waals surface area contributed by atoms with Gasteiger partial charge in [0.05, 0.1) is 40.6 Å². The van der Waals surface area contributed by atoms with Crippen LogP contribution in [0.5, 0.6) is 28.7 Å². The van der Waals surface area contributed by atoms with E-state index in [-0.39, 0.29) is 5.78 Å². The van der Waals surface area contributed by atoms with Gasteiger partial charge in [-0.15, -0.1) is 0 Å². The van der Waals surface area contributed by atoms with Gasteiger partial charge in [0, 0.05) is 29.6 Å². The Morgan fingerprint density at radius 1 is 0.778 bits per heavy atom. The molecule has 0 unspecified atom stereocenters. The van der Waals surface area contributed by atoms with Crippen molar-refractivity contribution in [3.63, 3.8) is 0 Å². The SMILES string of the molecule is COc1ccc(C(=O)/C=C\Nc2cc(OC)c(Cl)cc2/C=C\c2cc(OC)c(OC)c(OC)c2)cc1. The molecule has 3 aromatic carbocycles. The molecule has 0 aromatic heterocycles. The lowest BCUT2D eigenvalue weighted by Gasteiger charge is -2.13. The van der Waals surface area contributed by atoms with Gasteiger partial charge in [0.15, 0.2) is 17.3 Å². The average molecular weight is 510 g/mol. The van der Waals surface area contributed by atoms with Crippen molar-refractivity contribution in [1.82, 2.24) is 0 Å². The number of hydrogen-bond acceptors (Lipinski definition) is 7. The molecule has 3 aromatic rings. The molecular weight excluding hydrogens is 482 g/mol. The van der Waals surface area contributed by atoms with E-state index in [1.54, 1.807) is 78.1 Å². The quantitative estimate of drug-likeness (QED) is 0.183. The molecule has 0 aliphatic heterocycles. The van der Waals surface area contributed by atoms with Gasteiger partial charge in [-0.3, -0.25) is 4.79 Å².